The summed E-state index contributed by atoms with van der Waals surface area (Å²) in [5, 5.41) is 3.52. The van der Waals surface area contributed by atoms with Crippen LogP contribution in [0.3, 0.4) is 0 Å². The lowest BCUT2D eigenvalue weighted by Gasteiger charge is -2.44. The predicted molar refractivity (Wildman–Crippen MR) is 160 cm³/mol. The van der Waals surface area contributed by atoms with Crippen molar-refractivity contribution < 1.29 is 26.9 Å². The summed E-state index contributed by atoms with van der Waals surface area (Å²) >= 11 is 3.53. The van der Waals surface area contributed by atoms with Crippen molar-refractivity contribution in [3.63, 3.8) is 0 Å². The number of hydrogen-bond acceptors (Lipinski definition) is 7. The lowest BCUT2D eigenvalue weighted by atomic mass is 9.64. The summed E-state index contributed by atoms with van der Waals surface area (Å²) in [5.41, 5.74) is 4.10. The van der Waals surface area contributed by atoms with Crippen molar-refractivity contribution in [2.45, 2.75) is 78.0 Å². The maximum absolute atomic E-state index is 13.7. The Hall–Kier alpha value is -2.91. The highest BCUT2D eigenvalue weighted by Gasteiger charge is 2.46. The number of Topliss-reactive ketones (excluding diaryl/α,β-unsaturated/α-hetero) is 2. The molecule has 2 aromatic rings. The van der Waals surface area contributed by atoms with Crippen molar-refractivity contribution in [3.05, 3.63) is 74.5 Å². The predicted octanol–water partition coefficient (Wildman–Crippen LogP) is 6.90. The van der Waals surface area contributed by atoms with Crippen LogP contribution in [0.25, 0.3) is 0 Å². The van der Waals surface area contributed by atoms with Crippen LogP contribution >= 0.6 is 15.9 Å². The number of nitrogens with one attached hydrogen (secondary N) is 1. The lowest BCUT2D eigenvalue weighted by molar-refractivity contribution is -0.119. The normalized spacial score (nSPS) is 20.4. The summed E-state index contributed by atoms with van der Waals surface area (Å²) < 4.78 is 38.2. The molecule has 0 saturated carbocycles. The van der Waals surface area contributed by atoms with Gasteiger partial charge in [0.05, 0.1) is 11.1 Å². The van der Waals surface area contributed by atoms with Gasteiger partial charge in [0.1, 0.15) is 4.90 Å². The van der Waals surface area contributed by atoms with Gasteiger partial charge in [-0.25, -0.2) is 0 Å². The van der Waals surface area contributed by atoms with E-state index in [0.717, 1.165) is 17.0 Å². The van der Waals surface area contributed by atoms with E-state index in [-0.39, 0.29) is 45.4 Å². The minimum atomic E-state index is -4.16. The number of ketones is 2. The van der Waals surface area contributed by atoms with Crippen molar-refractivity contribution in [1.82, 2.24) is 5.32 Å². The highest BCUT2D eigenvalue weighted by molar-refractivity contribution is 9.10. The Bertz CT molecular complexity index is 1560. The molecular weight excluding hydrogens is 606 g/mol. The average molecular weight is 643 g/mol. The molecule has 1 aliphatic heterocycles. The lowest BCUT2D eigenvalue weighted by Crippen LogP contribution is -2.42. The molecule has 218 valence electrons. The molecule has 2 aromatic carbocycles. The van der Waals surface area contributed by atoms with Crippen LogP contribution in [0, 0.1) is 17.8 Å². The molecular formula is C32H36BrNO6S. The number of allylic oxidation sites excluding steroid dienone is 4. The third-order valence-electron chi connectivity index (χ3n) is 7.89. The minimum Gasteiger partial charge on any atom is -0.490 e. The third-order valence-corrected chi connectivity index (χ3v) is 9.71. The molecule has 3 aliphatic rings. The largest absolute Gasteiger partial charge is 0.490 e. The summed E-state index contributed by atoms with van der Waals surface area (Å²) in [6.07, 6.45) is 2.13. The fraction of sp³-hybridized carbons (Fsp3) is 0.438. The van der Waals surface area contributed by atoms with Crippen LogP contribution in [0.2, 0.25) is 0 Å². The molecule has 1 N–H and O–H groups in total. The number of carbonyl (C=O) groups is 2. The number of rotatable bonds is 6. The van der Waals surface area contributed by atoms with Crippen LogP contribution in [-0.2, 0) is 19.7 Å². The molecule has 0 atom stereocenters. The molecule has 7 nitrogen and oxygen atoms in total. The first-order valence-electron chi connectivity index (χ1n) is 13.9. The molecule has 0 saturated heterocycles. The number of carbonyl (C=O) groups excluding carboxylic acids is 2. The van der Waals surface area contributed by atoms with E-state index in [0.29, 0.717) is 46.9 Å². The summed E-state index contributed by atoms with van der Waals surface area (Å²) in [6, 6.07) is 9.85. The van der Waals surface area contributed by atoms with Crippen LogP contribution in [0.4, 0.5) is 0 Å². The second-order valence-corrected chi connectivity index (χ2v) is 15.2. The van der Waals surface area contributed by atoms with Gasteiger partial charge in [0.2, 0.25) is 0 Å². The highest BCUT2D eigenvalue weighted by Crippen LogP contribution is 2.52. The zero-order valence-electron chi connectivity index (χ0n) is 24.3. The second kappa shape index (κ2) is 10.4. The molecule has 1 heterocycles. The Morgan fingerprint density at radius 3 is 1.95 bits per heavy atom. The zero-order chi connectivity index (χ0) is 29.9. The number of halogens is 1. The van der Waals surface area contributed by atoms with Gasteiger partial charge in [-0.05, 0) is 83.3 Å². The first-order valence-corrected chi connectivity index (χ1v) is 16.1. The van der Waals surface area contributed by atoms with E-state index >= 15 is 0 Å². The van der Waals surface area contributed by atoms with Crippen LogP contribution < -0.4 is 14.2 Å². The molecule has 0 aromatic heterocycles. The van der Waals surface area contributed by atoms with E-state index < -0.39 is 16.0 Å². The quantitative estimate of drug-likeness (QED) is 0.343. The Kier molecular flexibility index (Phi) is 7.52. The molecule has 0 radical (unpaired) electrons. The minimum absolute atomic E-state index is 0.00860. The van der Waals surface area contributed by atoms with E-state index in [4.69, 9.17) is 8.92 Å². The molecule has 0 unspecified atom stereocenters. The summed E-state index contributed by atoms with van der Waals surface area (Å²) in [6.45, 7) is 12.2. The first-order chi connectivity index (χ1) is 19.1. The van der Waals surface area contributed by atoms with Crippen LogP contribution in [0.15, 0.2) is 68.3 Å². The van der Waals surface area contributed by atoms with Crippen molar-refractivity contribution >= 4 is 37.6 Å². The molecule has 0 amide bonds. The number of ether oxygens (including phenoxy) is 1. The fourth-order valence-electron chi connectivity index (χ4n) is 6.18. The topological polar surface area (TPSA) is 98.8 Å². The van der Waals surface area contributed by atoms with E-state index in [2.05, 4.69) is 48.9 Å². The Labute approximate surface area is 250 Å². The fourth-order valence-corrected chi connectivity index (χ4v) is 7.79. The van der Waals surface area contributed by atoms with Crippen LogP contribution in [-0.4, -0.2) is 26.6 Å². The van der Waals surface area contributed by atoms with Crippen molar-refractivity contribution in [3.8, 4) is 11.5 Å². The molecule has 0 fully saturated rings. The van der Waals surface area contributed by atoms with Crippen LogP contribution in [0.5, 0.6) is 11.5 Å². The molecule has 5 rings (SSSR count). The monoisotopic (exact) mass is 641 g/mol. The number of hydrogen-bond donors (Lipinski definition) is 1. The summed E-state index contributed by atoms with van der Waals surface area (Å²) in [4.78, 5) is 27.4. The maximum atomic E-state index is 13.7. The van der Waals surface area contributed by atoms with Gasteiger partial charge in [0.15, 0.2) is 23.1 Å². The zero-order valence-corrected chi connectivity index (χ0v) is 26.7. The number of benzene rings is 2. The summed E-state index contributed by atoms with van der Waals surface area (Å²) in [7, 11) is -4.16. The van der Waals surface area contributed by atoms with Crippen molar-refractivity contribution in [2.75, 3.05) is 6.61 Å². The molecule has 2 aliphatic carbocycles. The van der Waals surface area contributed by atoms with E-state index in [1.807, 2.05) is 6.92 Å². The van der Waals surface area contributed by atoms with Gasteiger partial charge < -0.3 is 14.2 Å². The number of dihydropyridines is 1. The van der Waals surface area contributed by atoms with Gasteiger partial charge in [-0.3, -0.25) is 9.59 Å². The second-order valence-electron chi connectivity index (χ2n) is 12.8. The Morgan fingerprint density at radius 2 is 1.44 bits per heavy atom. The Balaban J connectivity index is 1.65. The van der Waals surface area contributed by atoms with Gasteiger partial charge in [-0.1, -0.05) is 45.4 Å². The Morgan fingerprint density at radius 1 is 0.902 bits per heavy atom. The third kappa shape index (κ3) is 5.75. The van der Waals surface area contributed by atoms with Crippen molar-refractivity contribution in [1.29, 1.82) is 0 Å². The van der Waals surface area contributed by atoms with E-state index in [1.165, 1.54) is 12.1 Å². The van der Waals surface area contributed by atoms with E-state index in [1.54, 1.807) is 31.2 Å². The summed E-state index contributed by atoms with van der Waals surface area (Å²) in [5.74, 6) is -0.349. The maximum Gasteiger partial charge on any atom is 0.339 e. The highest BCUT2D eigenvalue weighted by atomic mass is 79.9. The average Bonchev–Trinajstić information content (AvgIpc) is 2.83. The van der Waals surface area contributed by atoms with Gasteiger partial charge >= 0.3 is 10.1 Å². The van der Waals surface area contributed by atoms with Crippen molar-refractivity contribution in [2.24, 2.45) is 10.8 Å². The first kappa shape index (κ1) is 29.6. The van der Waals surface area contributed by atoms with Gasteiger partial charge in [-0.2, -0.15) is 8.42 Å². The molecule has 0 spiro atoms. The van der Waals surface area contributed by atoms with Gasteiger partial charge in [0.25, 0.3) is 0 Å². The van der Waals surface area contributed by atoms with Gasteiger partial charge in [0, 0.05) is 41.3 Å². The standard InChI is InChI=1S/C32H36BrNO6S/c1-7-39-26-13-19(12-21(33)30(26)40-41(37,38)20-10-8-18(2)9-11-20)27-28-22(14-31(3,4)16-24(28)35)34-23-15-32(5,6)17-25(36)29(23)27/h8-13,27,34H,7,14-17H2,1-6H3. The SMILES string of the molecule is CCOc1cc(C2C3=C(CC(C)(C)CC3=O)NC3=C2C(=O)CC(C)(C)C3)cc(Br)c1OS(=O)(=O)c1ccc(C)cc1. The smallest absolute Gasteiger partial charge is 0.339 e. The molecule has 0 bridgehead atoms. The van der Waals surface area contributed by atoms with Gasteiger partial charge in [-0.15, -0.1) is 0 Å². The van der Waals surface area contributed by atoms with E-state index in [9.17, 15) is 18.0 Å². The van der Waals surface area contributed by atoms with Crippen LogP contribution in [0.1, 0.15) is 77.3 Å². The number of aryl methyl sites for hydroxylation is 1. The molecule has 41 heavy (non-hydrogen) atoms. The molecule has 9 heteroatoms.